The summed E-state index contributed by atoms with van der Waals surface area (Å²) in [5.41, 5.74) is 3.81. The zero-order chi connectivity index (χ0) is 21.4. The molecule has 9 heteroatoms. The first kappa shape index (κ1) is 19.4. The van der Waals surface area contributed by atoms with Crippen LogP contribution in [0.25, 0.3) is 27.7 Å². The second-order valence-electron chi connectivity index (χ2n) is 6.65. The number of nitriles is 2. The van der Waals surface area contributed by atoms with Crippen molar-refractivity contribution in [2.75, 3.05) is 7.11 Å². The van der Waals surface area contributed by atoms with E-state index >= 15 is 0 Å². The van der Waals surface area contributed by atoms with E-state index < -0.39 is 0 Å². The second-order valence-corrected chi connectivity index (χ2v) is 7.89. The molecule has 0 atom stereocenters. The van der Waals surface area contributed by atoms with Crippen molar-refractivity contribution < 1.29 is 4.74 Å². The highest BCUT2D eigenvalue weighted by atomic mass is 32.1. The summed E-state index contributed by atoms with van der Waals surface area (Å²) in [4.78, 5) is 17.4. The maximum atomic E-state index is 9.74. The molecule has 0 saturated heterocycles. The highest BCUT2D eigenvalue weighted by Crippen LogP contribution is 2.30. The number of nitrogens with one attached hydrogen (secondary N) is 1. The minimum atomic E-state index is 0.348. The second kappa shape index (κ2) is 7.47. The molecule has 4 heterocycles. The van der Waals surface area contributed by atoms with Gasteiger partial charge in [0.15, 0.2) is 0 Å². The molecule has 8 nitrogen and oxygen atoms in total. The predicted octanol–water partition coefficient (Wildman–Crippen LogP) is 4.07. The molecule has 0 unspecified atom stereocenters. The number of fused-ring (bicyclic) bond motifs is 1. The quantitative estimate of drug-likeness (QED) is 0.502. The maximum absolute atomic E-state index is 9.74. The number of H-pyrrole nitrogens is 1. The fourth-order valence-electron chi connectivity index (χ4n) is 3.27. The van der Waals surface area contributed by atoms with Crippen LogP contribution >= 0.6 is 11.3 Å². The topological polar surface area (TPSA) is 116 Å². The number of hydrogen-bond donors (Lipinski definition) is 1. The van der Waals surface area contributed by atoms with E-state index in [1.54, 1.807) is 18.3 Å². The Morgan fingerprint density at radius 3 is 2.73 bits per heavy atom. The van der Waals surface area contributed by atoms with Gasteiger partial charge in [0, 0.05) is 16.6 Å². The molecule has 4 rings (SSSR count). The van der Waals surface area contributed by atoms with Gasteiger partial charge in [-0.1, -0.05) is 0 Å². The van der Waals surface area contributed by atoms with Crippen molar-refractivity contribution in [2.45, 2.75) is 20.8 Å². The van der Waals surface area contributed by atoms with Gasteiger partial charge in [-0.05, 0) is 32.9 Å². The van der Waals surface area contributed by atoms with E-state index in [0.717, 1.165) is 21.4 Å². The fourth-order valence-corrected chi connectivity index (χ4v) is 4.32. The van der Waals surface area contributed by atoms with Gasteiger partial charge in [-0.25, -0.2) is 15.0 Å². The number of aromatic nitrogens is 5. The summed E-state index contributed by atoms with van der Waals surface area (Å²) in [6.07, 6.45) is 3.32. The van der Waals surface area contributed by atoms with Crippen LogP contribution in [0, 0.1) is 43.4 Å². The molecule has 0 aliphatic rings. The van der Waals surface area contributed by atoms with Crippen molar-refractivity contribution in [1.82, 2.24) is 24.5 Å². The van der Waals surface area contributed by atoms with Crippen molar-refractivity contribution >= 4 is 34.0 Å². The van der Waals surface area contributed by atoms with Crippen molar-refractivity contribution in [2.24, 2.45) is 0 Å². The molecule has 0 radical (unpaired) electrons. The van der Waals surface area contributed by atoms with Gasteiger partial charge in [-0.2, -0.15) is 10.5 Å². The van der Waals surface area contributed by atoms with Crippen LogP contribution in [0.4, 0.5) is 0 Å². The molecular weight excluding hydrogens is 398 g/mol. The molecule has 0 spiro atoms. The number of allylic oxidation sites excluding steroid dienone is 1. The number of ether oxygens (including phenoxy) is 1. The molecule has 0 bridgehead atoms. The van der Waals surface area contributed by atoms with Crippen molar-refractivity contribution in [3.8, 4) is 23.0 Å². The lowest BCUT2D eigenvalue weighted by atomic mass is 10.2. The standard InChI is InChI=1S/C21H17N7OS/c1-11-5-15(9-23)21(30-11)28-12(2)16(25-13(28)3)6-14(8-22)20-26-17-7-19(29-4)24-10-18(17)27-20/h5-7,10H,1-4H3,(H,26,27)/b14-6+. The average Bonchev–Trinajstić information content (AvgIpc) is 3.40. The van der Waals surface area contributed by atoms with Crippen LogP contribution in [0.5, 0.6) is 5.88 Å². The van der Waals surface area contributed by atoms with Crippen molar-refractivity contribution in [3.05, 3.63) is 51.8 Å². The Morgan fingerprint density at radius 1 is 1.23 bits per heavy atom. The Morgan fingerprint density at radius 2 is 2.03 bits per heavy atom. The summed E-state index contributed by atoms with van der Waals surface area (Å²) < 4.78 is 7.08. The van der Waals surface area contributed by atoms with Crippen LogP contribution in [0.15, 0.2) is 18.3 Å². The number of hydrogen-bond acceptors (Lipinski definition) is 7. The Hall–Kier alpha value is -3.95. The summed E-state index contributed by atoms with van der Waals surface area (Å²) in [7, 11) is 1.54. The van der Waals surface area contributed by atoms with Crippen molar-refractivity contribution in [3.63, 3.8) is 0 Å². The third-order valence-corrected chi connectivity index (χ3v) is 5.71. The minimum absolute atomic E-state index is 0.348. The van der Waals surface area contributed by atoms with Crippen LogP contribution in [-0.4, -0.2) is 31.6 Å². The van der Waals surface area contributed by atoms with Crippen LogP contribution in [-0.2, 0) is 0 Å². The summed E-state index contributed by atoms with van der Waals surface area (Å²) in [6.45, 7) is 5.77. The van der Waals surface area contributed by atoms with E-state index in [1.165, 1.54) is 18.4 Å². The van der Waals surface area contributed by atoms with E-state index in [-0.39, 0.29) is 0 Å². The van der Waals surface area contributed by atoms with Crippen LogP contribution in [0.1, 0.15) is 33.5 Å². The van der Waals surface area contributed by atoms with E-state index in [0.29, 0.717) is 39.6 Å². The van der Waals surface area contributed by atoms with E-state index in [4.69, 9.17) is 4.74 Å². The normalized spacial score (nSPS) is 11.5. The molecule has 1 N–H and O–H groups in total. The van der Waals surface area contributed by atoms with Crippen LogP contribution in [0.3, 0.4) is 0 Å². The zero-order valence-corrected chi connectivity index (χ0v) is 17.6. The summed E-state index contributed by atoms with van der Waals surface area (Å²) in [5, 5.41) is 20.0. The monoisotopic (exact) mass is 415 g/mol. The molecule has 30 heavy (non-hydrogen) atoms. The SMILES string of the molecule is COc1cc2nc(/C(C#N)=C/c3nc(C)n(-c4sc(C)cc4C#N)c3C)[nH]c2cn1. The molecule has 4 aromatic rings. The van der Waals surface area contributed by atoms with Gasteiger partial charge in [-0.15, -0.1) is 11.3 Å². The molecule has 0 aliphatic carbocycles. The molecule has 0 amide bonds. The number of nitrogens with zero attached hydrogens (tertiary/aromatic N) is 6. The lowest BCUT2D eigenvalue weighted by molar-refractivity contribution is 0.398. The van der Waals surface area contributed by atoms with Gasteiger partial charge in [0.2, 0.25) is 5.88 Å². The van der Waals surface area contributed by atoms with Gasteiger partial charge in [0.25, 0.3) is 0 Å². The summed E-state index contributed by atoms with van der Waals surface area (Å²) >= 11 is 1.54. The molecule has 4 aromatic heterocycles. The van der Waals surface area contributed by atoms with Gasteiger partial charge < -0.3 is 9.72 Å². The lowest BCUT2D eigenvalue weighted by Gasteiger charge is -2.05. The number of methoxy groups -OCH3 is 1. The van der Waals surface area contributed by atoms with Gasteiger partial charge in [0.1, 0.15) is 28.8 Å². The largest absolute Gasteiger partial charge is 0.481 e. The van der Waals surface area contributed by atoms with Crippen LogP contribution in [0.2, 0.25) is 0 Å². The smallest absolute Gasteiger partial charge is 0.215 e. The van der Waals surface area contributed by atoms with Gasteiger partial charge >= 0.3 is 0 Å². The number of pyridine rings is 1. The van der Waals surface area contributed by atoms with Gasteiger partial charge in [-0.3, -0.25) is 4.57 Å². The molecule has 148 valence electrons. The summed E-state index contributed by atoms with van der Waals surface area (Å²) in [5.74, 6) is 1.62. The first-order valence-electron chi connectivity index (χ1n) is 9.04. The van der Waals surface area contributed by atoms with Crippen molar-refractivity contribution in [1.29, 1.82) is 10.5 Å². The molecule has 0 aromatic carbocycles. The number of rotatable bonds is 4. The molecule has 0 aliphatic heterocycles. The number of imidazole rings is 2. The fraction of sp³-hybridized carbons (Fsp3) is 0.190. The third kappa shape index (κ3) is 3.21. The first-order valence-corrected chi connectivity index (χ1v) is 9.85. The Bertz CT molecular complexity index is 1390. The van der Waals surface area contributed by atoms with E-state index in [2.05, 4.69) is 32.1 Å². The maximum Gasteiger partial charge on any atom is 0.215 e. The summed E-state index contributed by atoms with van der Waals surface area (Å²) in [6, 6.07) is 8.01. The highest BCUT2D eigenvalue weighted by molar-refractivity contribution is 7.14. The molecule has 0 saturated carbocycles. The zero-order valence-electron chi connectivity index (χ0n) is 16.8. The number of aromatic amines is 1. The molecular formula is C21H17N7OS. The Balaban J connectivity index is 1.81. The molecule has 0 fully saturated rings. The number of aryl methyl sites for hydroxylation is 2. The van der Waals surface area contributed by atoms with E-state index in [9.17, 15) is 10.5 Å². The Kier molecular flexibility index (Phi) is 4.82. The Labute approximate surface area is 176 Å². The minimum Gasteiger partial charge on any atom is -0.481 e. The highest BCUT2D eigenvalue weighted by Gasteiger charge is 2.18. The van der Waals surface area contributed by atoms with E-state index in [1.807, 2.05) is 31.4 Å². The third-order valence-electron chi connectivity index (χ3n) is 4.68. The van der Waals surface area contributed by atoms with Gasteiger partial charge in [0.05, 0.1) is 41.2 Å². The predicted molar refractivity (Wildman–Crippen MR) is 114 cm³/mol. The van der Waals surface area contributed by atoms with Crippen LogP contribution < -0.4 is 4.74 Å². The average molecular weight is 415 g/mol. The first-order chi connectivity index (χ1) is 14.4. The lowest BCUT2D eigenvalue weighted by Crippen LogP contribution is -1.98. The number of thiophene rings is 1.